The molecule has 6 heteroatoms. The highest BCUT2D eigenvalue weighted by Gasteiger charge is 2.13. The van der Waals surface area contributed by atoms with Gasteiger partial charge in [-0.05, 0) is 32.4 Å². The normalized spacial score (nSPS) is 10.6. The lowest BCUT2D eigenvalue weighted by atomic mass is 10.1. The maximum atomic E-state index is 11.0. The fraction of sp³-hybridized carbons (Fsp3) is 0.357. The molecular weight excluding hydrogens is 256 g/mol. The van der Waals surface area contributed by atoms with E-state index in [1.165, 1.54) is 0 Å². The van der Waals surface area contributed by atoms with Crippen molar-refractivity contribution in [3.05, 3.63) is 51.6 Å². The van der Waals surface area contributed by atoms with Gasteiger partial charge in [-0.1, -0.05) is 0 Å². The Bertz CT molecular complexity index is 634. The summed E-state index contributed by atoms with van der Waals surface area (Å²) < 4.78 is 2.03. The molecule has 2 rings (SSSR count). The third-order valence-electron chi connectivity index (χ3n) is 3.34. The Kier molecular flexibility index (Phi) is 4.02. The Morgan fingerprint density at radius 3 is 2.75 bits per heavy atom. The number of anilines is 1. The Hall–Kier alpha value is -2.37. The summed E-state index contributed by atoms with van der Waals surface area (Å²) in [5.41, 5.74) is 3.65. The molecule has 6 nitrogen and oxygen atoms in total. The second-order valence-electron chi connectivity index (χ2n) is 4.74. The second-order valence-corrected chi connectivity index (χ2v) is 4.74. The van der Waals surface area contributed by atoms with Crippen LogP contribution in [0.3, 0.4) is 0 Å². The standard InChI is InChI=1S/C14H18N4O2/c1-4-17-9-15-7-12(17)8-16-13-6-14(18(19)20)11(3)5-10(13)2/h5-7,9,16H,4,8H2,1-3H3. The van der Waals surface area contributed by atoms with Crippen molar-refractivity contribution >= 4 is 11.4 Å². The molecule has 0 unspecified atom stereocenters. The van der Waals surface area contributed by atoms with E-state index in [1.807, 2.05) is 24.5 Å². The summed E-state index contributed by atoms with van der Waals surface area (Å²) in [7, 11) is 0. The van der Waals surface area contributed by atoms with E-state index >= 15 is 0 Å². The third-order valence-corrected chi connectivity index (χ3v) is 3.34. The number of nitrogens with zero attached hydrogens (tertiary/aromatic N) is 3. The molecule has 0 bridgehead atoms. The Balaban J connectivity index is 2.21. The molecule has 1 aromatic carbocycles. The molecule has 0 fully saturated rings. The Labute approximate surface area is 117 Å². The van der Waals surface area contributed by atoms with Crippen LogP contribution in [-0.4, -0.2) is 14.5 Å². The second kappa shape index (κ2) is 5.73. The number of hydrogen-bond donors (Lipinski definition) is 1. The van der Waals surface area contributed by atoms with Crippen molar-refractivity contribution in [1.82, 2.24) is 9.55 Å². The maximum absolute atomic E-state index is 11.0. The molecule has 1 heterocycles. The van der Waals surface area contributed by atoms with Gasteiger partial charge in [-0.3, -0.25) is 10.1 Å². The Morgan fingerprint density at radius 1 is 1.35 bits per heavy atom. The highest BCUT2D eigenvalue weighted by atomic mass is 16.6. The van der Waals surface area contributed by atoms with Crippen LogP contribution in [0, 0.1) is 24.0 Å². The molecule has 1 N–H and O–H groups in total. The first-order valence-electron chi connectivity index (χ1n) is 6.51. The number of hydrogen-bond acceptors (Lipinski definition) is 4. The van der Waals surface area contributed by atoms with Gasteiger partial charge in [0.15, 0.2) is 0 Å². The molecule has 0 saturated heterocycles. The number of nitro benzene ring substituents is 1. The molecule has 0 aliphatic rings. The minimum Gasteiger partial charge on any atom is -0.379 e. The van der Waals surface area contributed by atoms with Crippen LogP contribution in [0.5, 0.6) is 0 Å². The van der Waals surface area contributed by atoms with Gasteiger partial charge in [0.1, 0.15) is 0 Å². The van der Waals surface area contributed by atoms with Crippen molar-refractivity contribution in [2.24, 2.45) is 0 Å². The summed E-state index contributed by atoms with van der Waals surface area (Å²) in [6.07, 6.45) is 3.58. The van der Waals surface area contributed by atoms with E-state index < -0.39 is 0 Å². The van der Waals surface area contributed by atoms with Crippen molar-refractivity contribution in [1.29, 1.82) is 0 Å². The summed E-state index contributed by atoms with van der Waals surface area (Å²) in [5, 5.41) is 14.2. The SMILES string of the molecule is CCn1cncc1CNc1cc([N+](=O)[O-])c(C)cc1C. The minimum absolute atomic E-state index is 0.141. The number of benzene rings is 1. The summed E-state index contributed by atoms with van der Waals surface area (Å²) >= 11 is 0. The maximum Gasteiger partial charge on any atom is 0.274 e. The lowest BCUT2D eigenvalue weighted by molar-refractivity contribution is -0.385. The number of imidazole rings is 1. The smallest absolute Gasteiger partial charge is 0.274 e. The molecule has 0 spiro atoms. The fourth-order valence-electron chi connectivity index (χ4n) is 2.19. The highest BCUT2D eigenvalue weighted by molar-refractivity contribution is 5.60. The molecule has 106 valence electrons. The van der Waals surface area contributed by atoms with Crippen molar-refractivity contribution in [3.8, 4) is 0 Å². The van der Waals surface area contributed by atoms with Gasteiger partial charge in [0.25, 0.3) is 5.69 Å². The average Bonchev–Trinajstić information content (AvgIpc) is 2.84. The molecule has 0 aliphatic heterocycles. The van der Waals surface area contributed by atoms with Crippen LogP contribution < -0.4 is 5.32 Å². The predicted molar refractivity (Wildman–Crippen MR) is 77.8 cm³/mol. The van der Waals surface area contributed by atoms with E-state index in [9.17, 15) is 10.1 Å². The van der Waals surface area contributed by atoms with Gasteiger partial charge in [0, 0.05) is 30.1 Å². The van der Waals surface area contributed by atoms with Crippen LogP contribution in [0.2, 0.25) is 0 Å². The zero-order chi connectivity index (χ0) is 14.7. The van der Waals surface area contributed by atoms with Crippen molar-refractivity contribution in [3.63, 3.8) is 0 Å². The van der Waals surface area contributed by atoms with Gasteiger partial charge in [-0.2, -0.15) is 0 Å². The number of rotatable bonds is 5. The zero-order valence-corrected chi connectivity index (χ0v) is 11.9. The lowest BCUT2D eigenvalue weighted by Gasteiger charge is -2.11. The predicted octanol–water partition coefficient (Wildman–Crippen LogP) is 3.04. The first-order valence-corrected chi connectivity index (χ1v) is 6.51. The molecule has 20 heavy (non-hydrogen) atoms. The summed E-state index contributed by atoms with van der Waals surface area (Å²) in [6.45, 7) is 7.18. The minimum atomic E-state index is -0.351. The first-order chi connectivity index (χ1) is 9.52. The summed E-state index contributed by atoms with van der Waals surface area (Å²) in [6, 6.07) is 3.43. The van der Waals surface area contributed by atoms with Crippen LogP contribution in [0.15, 0.2) is 24.7 Å². The van der Waals surface area contributed by atoms with Crippen LogP contribution in [0.4, 0.5) is 11.4 Å². The quantitative estimate of drug-likeness (QED) is 0.671. The molecule has 2 aromatic rings. The summed E-state index contributed by atoms with van der Waals surface area (Å²) in [4.78, 5) is 14.7. The van der Waals surface area contributed by atoms with Gasteiger partial charge in [0.2, 0.25) is 0 Å². The molecule has 0 radical (unpaired) electrons. The van der Waals surface area contributed by atoms with E-state index in [0.29, 0.717) is 12.1 Å². The van der Waals surface area contributed by atoms with Crippen molar-refractivity contribution < 1.29 is 4.92 Å². The average molecular weight is 274 g/mol. The number of aryl methyl sites for hydroxylation is 3. The third kappa shape index (κ3) is 2.79. The number of nitrogens with one attached hydrogen (secondary N) is 1. The van der Waals surface area contributed by atoms with Gasteiger partial charge >= 0.3 is 0 Å². The molecule has 0 atom stereocenters. The first kappa shape index (κ1) is 14.0. The van der Waals surface area contributed by atoms with E-state index in [4.69, 9.17) is 0 Å². The van der Waals surface area contributed by atoms with Crippen LogP contribution >= 0.6 is 0 Å². The molecule has 0 aliphatic carbocycles. The lowest BCUT2D eigenvalue weighted by Crippen LogP contribution is -2.07. The van der Waals surface area contributed by atoms with Gasteiger partial charge in [-0.15, -0.1) is 0 Å². The highest BCUT2D eigenvalue weighted by Crippen LogP contribution is 2.26. The number of nitro groups is 1. The molecule has 0 saturated carbocycles. The van der Waals surface area contributed by atoms with Crippen molar-refractivity contribution in [2.45, 2.75) is 33.9 Å². The van der Waals surface area contributed by atoms with E-state index in [1.54, 1.807) is 25.5 Å². The zero-order valence-electron chi connectivity index (χ0n) is 11.9. The Morgan fingerprint density at radius 2 is 2.10 bits per heavy atom. The summed E-state index contributed by atoms with van der Waals surface area (Å²) in [5.74, 6) is 0. The van der Waals surface area contributed by atoms with Crippen molar-refractivity contribution in [2.75, 3.05) is 5.32 Å². The topological polar surface area (TPSA) is 73.0 Å². The molecule has 0 amide bonds. The fourth-order valence-corrected chi connectivity index (χ4v) is 2.19. The van der Waals surface area contributed by atoms with Crippen LogP contribution in [0.25, 0.3) is 0 Å². The van der Waals surface area contributed by atoms with Gasteiger partial charge in [0.05, 0.1) is 23.5 Å². The van der Waals surface area contributed by atoms with E-state index in [-0.39, 0.29) is 10.6 Å². The van der Waals surface area contributed by atoms with Gasteiger partial charge in [-0.25, -0.2) is 4.98 Å². The monoisotopic (exact) mass is 274 g/mol. The van der Waals surface area contributed by atoms with Crippen LogP contribution in [-0.2, 0) is 13.1 Å². The largest absolute Gasteiger partial charge is 0.379 e. The number of aromatic nitrogens is 2. The van der Waals surface area contributed by atoms with Crippen LogP contribution in [0.1, 0.15) is 23.7 Å². The molecular formula is C14H18N4O2. The van der Waals surface area contributed by atoms with Gasteiger partial charge < -0.3 is 9.88 Å². The van der Waals surface area contributed by atoms with E-state index in [2.05, 4.69) is 10.3 Å². The van der Waals surface area contributed by atoms with E-state index in [0.717, 1.165) is 23.5 Å². The molecule has 1 aromatic heterocycles.